The van der Waals surface area contributed by atoms with Crippen LogP contribution >= 0.6 is 0 Å². The first kappa shape index (κ1) is 39.0. The summed E-state index contributed by atoms with van der Waals surface area (Å²) < 4.78 is 8.54. The van der Waals surface area contributed by atoms with Crippen LogP contribution in [-0.4, -0.2) is 27.6 Å². The molecule has 4 aromatic carbocycles. The van der Waals surface area contributed by atoms with Gasteiger partial charge in [-0.25, -0.2) is 4.98 Å². The number of fused-ring (bicyclic) bond motifs is 4. The molecule has 0 fully saturated rings. The molecule has 8 aromatic rings. The summed E-state index contributed by atoms with van der Waals surface area (Å²) in [6.45, 7) is 20.2. The van der Waals surface area contributed by atoms with E-state index in [0.29, 0.717) is 5.71 Å². The molecule has 7 heteroatoms. The number of furan rings is 1. The normalized spacial score (nSPS) is 12.1. The Morgan fingerprint density at radius 1 is 0.815 bits per heavy atom. The van der Waals surface area contributed by atoms with Crippen molar-refractivity contribution in [2.75, 3.05) is 0 Å². The van der Waals surface area contributed by atoms with Crippen molar-refractivity contribution in [1.82, 2.24) is 19.5 Å². The van der Waals surface area contributed by atoms with E-state index in [1.165, 1.54) is 33.9 Å². The second-order valence-electron chi connectivity index (χ2n) is 15.5. The van der Waals surface area contributed by atoms with Gasteiger partial charge in [-0.3, -0.25) is 4.98 Å². The molecule has 1 atom stereocenters. The van der Waals surface area contributed by atoms with Gasteiger partial charge in [-0.1, -0.05) is 92.3 Å². The molecule has 0 bridgehead atoms. The maximum Gasteiger partial charge on any atom is 0.216 e. The topological polar surface area (TPSA) is 56.7 Å². The van der Waals surface area contributed by atoms with Crippen LogP contribution in [-0.2, 0) is 26.5 Å². The van der Waals surface area contributed by atoms with Gasteiger partial charge in [0.05, 0.1) is 30.5 Å². The number of aromatic nitrogens is 4. The van der Waals surface area contributed by atoms with E-state index in [9.17, 15) is 0 Å². The zero-order valence-corrected chi connectivity index (χ0v) is 36.2. The third kappa shape index (κ3) is 7.77. The van der Waals surface area contributed by atoms with Crippen molar-refractivity contribution in [1.29, 1.82) is 0 Å². The van der Waals surface area contributed by atoms with Crippen molar-refractivity contribution in [3.05, 3.63) is 137 Å². The molecule has 0 amide bonds. The number of para-hydroxylation sites is 2. The maximum atomic E-state index is 6.29. The van der Waals surface area contributed by atoms with Gasteiger partial charge in [-0.2, -0.15) is 0 Å². The molecule has 1 radical (unpaired) electrons. The van der Waals surface area contributed by atoms with Crippen molar-refractivity contribution in [3.63, 3.8) is 0 Å². The Labute approximate surface area is 334 Å². The number of hydrogen-bond donors (Lipinski definition) is 0. The van der Waals surface area contributed by atoms with E-state index in [1.54, 1.807) is 0 Å². The largest absolute Gasteiger partial charge is 0.486 e. The van der Waals surface area contributed by atoms with Crippen LogP contribution in [0.5, 0.6) is 0 Å². The second-order valence-corrected chi connectivity index (χ2v) is 20.5. The molecule has 0 saturated carbocycles. The molecule has 0 aliphatic rings. The van der Waals surface area contributed by atoms with Crippen molar-refractivity contribution in [3.8, 4) is 28.3 Å². The molecule has 54 heavy (non-hydrogen) atoms. The third-order valence-electron chi connectivity index (χ3n) is 10.1. The predicted molar refractivity (Wildman–Crippen MR) is 224 cm³/mol. The summed E-state index contributed by atoms with van der Waals surface area (Å²) in [5, 5.41) is 3.53. The van der Waals surface area contributed by atoms with E-state index in [-0.39, 0.29) is 20.1 Å². The Morgan fingerprint density at radius 2 is 1.56 bits per heavy atom. The first-order valence-electron chi connectivity index (χ1n) is 18.7. The molecule has 0 N–H and O–H groups in total. The molecule has 5 nitrogen and oxygen atoms in total. The summed E-state index contributed by atoms with van der Waals surface area (Å²) >= 11 is 0. The van der Waals surface area contributed by atoms with Crippen LogP contribution in [0.2, 0.25) is 19.6 Å². The number of imidazole rings is 1. The monoisotopic (exact) mass is 905 g/mol. The number of benzene rings is 4. The average molecular weight is 905 g/mol. The first-order chi connectivity index (χ1) is 25.4. The average Bonchev–Trinajstić information content (AvgIpc) is 3.69. The zero-order valence-electron chi connectivity index (χ0n) is 32.8. The van der Waals surface area contributed by atoms with Gasteiger partial charge >= 0.3 is 0 Å². The molecule has 0 aliphatic heterocycles. The van der Waals surface area contributed by atoms with Crippen LogP contribution in [0.3, 0.4) is 0 Å². The molecule has 4 heterocycles. The minimum absolute atomic E-state index is 0. The summed E-state index contributed by atoms with van der Waals surface area (Å²) in [6.07, 6.45) is 4.50. The van der Waals surface area contributed by atoms with Crippen LogP contribution in [0.15, 0.2) is 102 Å². The fourth-order valence-corrected chi connectivity index (χ4v) is 8.98. The molecule has 8 rings (SSSR count). The fourth-order valence-electron chi connectivity index (χ4n) is 7.39. The van der Waals surface area contributed by atoms with Crippen molar-refractivity contribution in [2.24, 2.45) is 5.92 Å². The Morgan fingerprint density at radius 3 is 2.26 bits per heavy atom. The summed E-state index contributed by atoms with van der Waals surface area (Å²) in [6, 6.07) is 37.9. The van der Waals surface area contributed by atoms with Gasteiger partial charge in [0.15, 0.2) is 0 Å². The smallest absolute Gasteiger partial charge is 0.216 e. The molecule has 1 unspecified atom stereocenters. The van der Waals surface area contributed by atoms with E-state index in [0.717, 1.165) is 73.8 Å². The Bertz CT molecular complexity index is 2560. The number of nitrogens with zero attached hydrogens (tertiary/aromatic N) is 4. The Balaban J connectivity index is 0.000000198. The van der Waals surface area contributed by atoms with Crippen LogP contribution in [0, 0.1) is 45.7 Å². The van der Waals surface area contributed by atoms with E-state index in [4.69, 9.17) is 14.4 Å². The molecule has 277 valence electrons. The number of rotatable bonds is 7. The summed E-state index contributed by atoms with van der Waals surface area (Å²) in [5.41, 5.74) is 13.6. The van der Waals surface area contributed by atoms with Crippen LogP contribution < -0.4 is 5.19 Å². The molecule has 4 aromatic heterocycles. The summed E-state index contributed by atoms with van der Waals surface area (Å²) in [7, 11) is -1.35. The van der Waals surface area contributed by atoms with E-state index in [1.807, 2.05) is 49.4 Å². The van der Waals surface area contributed by atoms with Gasteiger partial charge in [0.1, 0.15) is 0 Å². The quantitative estimate of drug-likeness (QED) is 0.118. The van der Waals surface area contributed by atoms with E-state index >= 15 is 0 Å². The zero-order chi connectivity index (χ0) is 37.4. The molecule has 0 saturated heterocycles. The minimum atomic E-state index is -1.35. The van der Waals surface area contributed by atoms with Crippen LogP contribution in [0.25, 0.3) is 61.4 Å². The van der Waals surface area contributed by atoms with Gasteiger partial charge in [-0.05, 0) is 86.3 Å². The van der Waals surface area contributed by atoms with Gasteiger partial charge in [-0.15, -0.1) is 54.1 Å². The van der Waals surface area contributed by atoms with E-state index in [2.05, 4.69) is 131 Å². The van der Waals surface area contributed by atoms with Crippen molar-refractivity contribution in [2.45, 2.75) is 74.0 Å². The fraction of sp³-hybridized carbons (Fsp3) is 0.255. The summed E-state index contributed by atoms with van der Waals surface area (Å²) in [5.74, 6) is 1.54. The van der Waals surface area contributed by atoms with Crippen molar-refractivity contribution < 1.29 is 24.5 Å². The van der Waals surface area contributed by atoms with Crippen molar-refractivity contribution >= 4 is 46.4 Å². The van der Waals surface area contributed by atoms with E-state index < -0.39 is 8.07 Å². The van der Waals surface area contributed by atoms with Crippen LogP contribution in [0.1, 0.15) is 48.2 Å². The first-order valence-corrected chi connectivity index (χ1v) is 22.2. The van der Waals surface area contributed by atoms with Crippen LogP contribution in [0.4, 0.5) is 0 Å². The predicted octanol–water partition coefficient (Wildman–Crippen LogP) is 11.7. The molecular formula is C47H48IrN4OSi-2. The molecular weight excluding hydrogens is 857 g/mol. The van der Waals surface area contributed by atoms with Gasteiger partial charge < -0.3 is 14.0 Å². The molecule has 0 aliphatic carbocycles. The third-order valence-corrected chi connectivity index (χ3v) is 12.2. The number of pyridine rings is 2. The maximum absolute atomic E-state index is 6.29. The van der Waals surface area contributed by atoms with Gasteiger partial charge in [0.2, 0.25) is 5.71 Å². The van der Waals surface area contributed by atoms with Gasteiger partial charge in [0.25, 0.3) is 0 Å². The Kier molecular flexibility index (Phi) is 11.5. The number of aryl methyl sites for hydroxylation is 4. The minimum Gasteiger partial charge on any atom is -0.486 e. The SMILES string of the molecule is CCC(C)Cc1cc(-c2[c-]cccc2)ncc1[Si](C)(C)C.Cc1cc(C)c(-n2c(-c3[c-]ccc4c3oc3nc(C)ccc34)nc3ccccc32)c(C)c1.[Ir]. The number of hydrogen-bond acceptors (Lipinski definition) is 4. The Hall–Kier alpha value is -4.68. The standard InChI is InChI=1S/C28H22N3O.C19H26NSi.Ir/c1-16-14-17(2)25(18(3)15-16)31-24-11-6-5-10-23(24)30-27(31)22-9-7-8-20-21-13-12-19(4)29-28(21)32-26(20)22;1-6-15(2)12-17-13-18(16-10-8-7-9-11-16)20-14-19(17)21(3,4)5;/h5-8,10-15H,1-4H3;7-10,13-15H,6,12H2,1-5H3;/q2*-1;. The molecule has 0 spiro atoms. The summed E-state index contributed by atoms with van der Waals surface area (Å²) in [4.78, 5) is 14.4. The van der Waals surface area contributed by atoms with Gasteiger partial charge in [0, 0.05) is 43.1 Å². The second kappa shape index (κ2) is 16.0.